The second kappa shape index (κ2) is 12.4. The van der Waals surface area contributed by atoms with Gasteiger partial charge in [0.25, 0.3) is 0 Å². The van der Waals surface area contributed by atoms with Gasteiger partial charge < -0.3 is 24.1 Å². The number of benzene rings is 1. The fourth-order valence-corrected chi connectivity index (χ4v) is 13.9. The first-order valence-electron chi connectivity index (χ1n) is 19.5. The number of carbonyl (C=O) groups is 3. The average molecular weight is 705 g/mol. The number of carbonyl (C=O) groups excluding carboxylic acids is 3. The first kappa shape index (κ1) is 36.6. The summed E-state index contributed by atoms with van der Waals surface area (Å²) in [5.41, 5.74) is -0.433. The highest BCUT2D eigenvalue weighted by Crippen LogP contribution is 2.91. The van der Waals surface area contributed by atoms with Crippen LogP contribution in [0.25, 0.3) is 6.08 Å². The number of fused-ring (bicyclic) bond motifs is 3. The third-order valence-corrected chi connectivity index (χ3v) is 15.8. The minimum Gasteiger partial charge on any atom is -0.462 e. The molecule has 8 heteroatoms. The highest BCUT2D eigenvalue weighted by Gasteiger charge is 2.86. The van der Waals surface area contributed by atoms with Crippen LogP contribution in [-0.4, -0.2) is 59.6 Å². The van der Waals surface area contributed by atoms with Crippen molar-refractivity contribution in [3.8, 4) is 0 Å². The van der Waals surface area contributed by atoms with E-state index in [0.717, 1.165) is 56.9 Å². The van der Waals surface area contributed by atoms with Crippen molar-refractivity contribution in [1.29, 1.82) is 0 Å². The van der Waals surface area contributed by atoms with Crippen molar-refractivity contribution < 1.29 is 38.4 Å². The molecule has 1 aromatic carbocycles. The van der Waals surface area contributed by atoms with E-state index in [2.05, 4.69) is 27.7 Å². The van der Waals surface area contributed by atoms with E-state index in [0.29, 0.717) is 24.9 Å². The van der Waals surface area contributed by atoms with Gasteiger partial charge in [-0.1, -0.05) is 58.0 Å². The molecule has 0 bridgehead atoms. The lowest BCUT2D eigenvalue weighted by molar-refractivity contribution is -0.252. The molecule has 0 spiro atoms. The summed E-state index contributed by atoms with van der Waals surface area (Å²) in [5, 5.41) is 10.9. The van der Waals surface area contributed by atoms with Crippen LogP contribution in [0.15, 0.2) is 36.4 Å². The Morgan fingerprint density at radius 2 is 1.57 bits per heavy atom. The van der Waals surface area contributed by atoms with Crippen LogP contribution in [0.3, 0.4) is 0 Å². The Balaban J connectivity index is 1.15. The van der Waals surface area contributed by atoms with Gasteiger partial charge in [-0.05, 0) is 123 Å². The first-order chi connectivity index (χ1) is 23.9. The molecule has 7 rings (SSSR count). The molecule has 6 fully saturated rings. The molecule has 280 valence electrons. The molecule has 1 N–H and O–H groups in total. The van der Waals surface area contributed by atoms with Crippen LogP contribution in [0.4, 0.5) is 0 Å². The molecule has 51 heavy (non-hydrogen) atoms. The first-order valence-corrected chi connectivity index (χ1v) is 19.5. The summed E-state index contributed by atoms with van der Waals surface area (Å²) < 4.78 is 24.9. The molecule has 0 amide bonds. The van der Waals surface area contributed by atoms with Gasteiger partial charge in [-0.15, -0.1) is 0 Å². The highest BCUT2D eigenvalue weighted by atomic mass is 16.6. The van der Waals surface area contributed by atoms with Gasteiger partial charge in [0.05, 0.1) is 12.2 Å². The number of ether oxygens (including phenoxy) is 4. The van der Waals surface area contributed by atoms with Gasteiger partial charge in [-0.2, -0.15) is 0 Å². The van der Waals surface area contributed by atoms with Crippen LogP contribution >= 0.6 is 0 Å². The molecule has 1 aliphatic heterocycles. The molecule has 0 aromatic heterocycles. The Morgan fingerprint density at radius 1 is 0.863 bits per heavy atom. The predicted octanol–water partition coefficient (Wildman–Crippen LogP) is 7.70. The lowest BCUT2D eigenvalue weighted by Crippen LogP contribution is -2.67. The largest absolute Gasteiger partial charge is 0.462 e. The lowest BCUT2D eigenvalue weighted by atomic mass is 9.37. The van der Waals surface area contributed by atoms with Crippen molar-refractivity contribution in [2.75, 3.05) is 6.61 Å². The Hall–Kier alpha value is -2.71. The number of rotatable bonds is 7. The van der Waals surface area contributed by atoms with E-state index in [1.165, 1.54) is 6.92 Å². The molecule has 5 aliphatic carbocycles. The average Bonchev–Trinajstić information content (AvgIpc) is 3.62. The Morgan fingerprint density at radius 3 is 2.24 bits per heavy atom. The molecule has 12 atom stereocenters. The van der Waals surface area contributed by atoms with Crippen molar-refractivity contribution in [3.05, 3.63) is 42.0 Å². The maximum atomic E-state index is 13.1. The molecule has 6 aliphatic rings. The molecular formula is C43H60O8. The summed E-state index contributed by atoms with van der Waals surface area (Å²) in [6.07, 6.45) is 10.6. The third kappa shape index (κ3) is 5.63. The lowest BCUT2D eigenvalue weighted by Gasteiger charge is -2.68. The maximum absolute atomic E-state index is 13.1. The van der Waals surface area contributed by atoms with Gasteiger partial charge in [0.1, 0.15) is 24.4 Å². The van der Waals surface area contributed by atoms with E-state index in [-0.39, 0.29) is 69.0 Å². The van der Waals surface area contributed by atoms with E-state index in [9.17, 15) is 19.5 Å². The number of hydrogen-bond acceptors (Lipinski definition) is 8. The second-order valence-electron chi connectivity index (χ2n) is 18.9. The monoisotopic (exact) mass is 704 g/mol. The Kier molecular flexibility index (Phi) is 8.93. The van der Waals surface area contributed by atoms with E-state index in [1.807, 2.05) is 36.4 Å². The smallest absolute Gasteiger partial charge is 0.331 e. The van der Waals surface area contributed by atoms with Crippen LogP contribution in [0.2, 0.25) is 0 Å². The minimum absolute atomic E-state index is 0.00751. The predicted molar refractivity (Wildman–Crippen MR) is 193 cm³/mol. The number of hydrogen-bond donors (Lipinski definition) is 1. The molecular weight excluding hydrogens is 644 g/mol. The summed E-state index contributed by atoms with van der Waals surface area (Å²) in [6, 6.07) is 9.79. The van der Waals surface area contributed by atoms with Gasteiger partial charge in [0.15, 0.2) is 0 Å². The summed E-state index contributed by atoms with van der Waals surface area (Å²) >= 11 is 0. The second-order valence-corrected chi connectivity index (χ2v) is 18.9. The molecule has 1 heterocycles. The quantitative estimate of drug-likeness (QED) is 0.175. The Bertz CT molecular complexity index is 1560. The van der Waals surface area contributed by atoms with Gasteiger partial charge in [-0.3, -0.25) is 9.59 Å². The third-order valence-electron chi connectivity index (χ3n) is 15.8. The van der Waals surface area contributed by atoms with Crippen LogP contribution in [0.1, 0.15) is 119 Å². The van der Waals surface area contributed by atoms with E-state index in [4.69, 9.17) is 18.9 Å². The van der Waals surface area contributed by atoms with Crippen molar-refractivity contribution >= 4 is 24.0 Å². The zero-order valence-corrected chi connectivity index (χ0v) is 32.0. The van der Waals surface area contributed by atoms with Gasteiger partial charge >= 0.3 is 17.9 Å². The van der Waals surface area contributed by atoms with E-state index >= 15 is 0 Å². The van der Waals surface area contributed by atoms with Crippen molar-refractivity contribution in [3.63, 3.8) is 0 Å². The molecule has 0 unspecified atom stereocenters. The zero-order valence-electron chi connectivity index (χ0n) is 32.0. The summed E-state index contributed by atoms with van der Waals surface area (Å²) in [4.78, 5) is 38.2. The van der Waals surface area contributed by atoms with Crippen LogP contribution in [0, 0.1) is 50.7 Å². The maximum Gasteiger partial charge on any atom is 0.331 e. The van der Waals surface area contributed by atoms with Crippen molar-refractivity contribution in [2.24, 2.45) is 50.7 Å². The normalized spacial score (nSPS) is 43.9. The SMILES string of the molecule is CC(=O)O[C@@H]1C[C@H]([C@@H]2CC[C@]34C[C@]23CC[C@@H]2[C@@]3(C)CC[C@@H](OC(=O)C=Cc5ccccc5)C(C)(C)[C@@H]3C[C@@H](OC(C)=O)[C@]24C)CO[C@H]1C(C)(C)O. The van der Waals surface area contributed by atoms with Crippen LogP contribution in [0.5, 0.6) is 0 Å². The minimum atomic E-state index is -1.12. The molecule has 5 saturated carbocycles. The van der Waals surface area contributed by atoms with E-state index < -0.39 is 17.8 Å². The van der Waals surface area contributed by atoms with Gasteiger partial charge in [0, 0.05) is 30.8 Å². The molecule has 1 saturated heterocycles. The summed E-state index contributed by atoms with van der Waals surface area (Å²) in [5.74, 6) is 0.357. The highest BCUT2D eigenvalue weighted by molar-refractivity contribution is 5.87. The van der Waals surface area contributed by atoms with Crippen molar-refractivity contribution in [1.82, 2.24) is 0 Å². The fraction of sp³-hybridized carbons (Fsp3) is 0.744. The topological polar surface area (TPSA) is 108 Å². The number of aliphatic hydroxyl groups is 1. The van der Waals surface area contributed by atoms with Gasteiger partial charge in [0.2, 0.25) is 0 Å². The molecule has 0 radical (unpaired) electrons. The zero-order chi connectivity index (χ0) is 36.8. The van der Waals surface area contributed by atoms with Crippen LogP contribution < -0.4 is 0 Å². The molecule has 8 nitrogen and oxygen atoms in total. The standard InChI is InChI=1S/C43H60O8/c1-26(44)49-31-22-29(24-48-37(31)39(5,6)47)30-16-21-43-25-42(30,43)20-17-32-40(7)19-18-34(51-36(46)15-14-28-12-10-9-11-13-28)38(3,4)33(40)23-35(41(32,43)8)50-27(2)45/h9-15,29-35,37,47H,16-25H2,1-8H3/t29-,30-,31+,32+,33-,34+,35+,37+,40+,41-,42+,43+/m0/s1. The summed E-state index contributed by atoms with van der Waals surface area (Å²) in [7, 11) is 0. The van der Waals surface area contributed by atoms with Gasteiger partial charge in [-0.25, -0.2) is 4.79 Å². The number of esters is 3. The fourth-order valence-electron chi connectivity index (χ4n) is 13.9. The van der Waals surface area contributed by atoms with Crippen molar-refractivity contribution in [2.45, 2.75) is 143 Å². The van der Waals surface area contributed by atoms with Crippen LogP contribution in [-0.2, 0) is 33.3 Å². The summed E-state index contributed by atoms with van der Waals surface area (Å²) in [6.45, 7) is 16.5. The molecule has 1 aromatic rings. The Labute approximate surface area is 304 Å². The van der Waals surface area contributed by atoms with E-state index in [1.54, 1.807) is 26.8 Å².